The third-order valence-electron chi connectivity index (χ3n) is 1.03. The Morgan fingerprint density at radius 1 is 1.50 bits per heavy atom. The van der Waals surface area contributed by atoms with Crippen LogP contribution in [0.15, 0.2) is 16.8 Å². The molecule has 0 fully saturated rings. The van der Waals surface area contributed by atoms with Gasteiger partial charge in [-0.3, -0.25) is 0 Å². The van der Waals surface area contributed by atoms with Gasteiger partial charge in [-0.2, -0.15) is 11.3 Å². The average molecular weight is 150 g/mol. The first-order chi connectivity index (χ1) is 4.79. The van der Waals surface area contributed by atoms with E-state index in [2.05, 4.69) is 31.1 Å². The molecule has 0 aliphatic heterocycles. The molecule has 0 spiro atoms. The first-order valence-electron chi connectivity index (χ1n) is 3.33. The van der Waals surface area contributed by atoms with Gasteiger partial charge >= 0.3 is 0 Å². The van der Waals surface area contributed by atoms with Crippen molar-refractivity contribution in [3.05, 3.63) is 22.4 Å². The Balaban J connectivity index is 2.66. The van der Waals surface area contributed by atoms with E-state index in [0.29, 0.717) is 5.92 Å². The fourth-order valence-corrected chi connectivity index (χ4v) is 1.15. The van der Waals surface area contributed by atoms with E-state index in [1.807, 2.05) is 11.4 Å². The van der Waals surface area contributed by atoms with Gasteiger partial charge in [-0.1, -0.05) is 25.7 Å². The standard InChI is InChI=1S/C9H10S/c1-8(2)3-4-9-5-6-10-7-9/h5-8H,1-2H3. The van der Waals surface area contributed by atoms with Gasteiger partial charge in [0.2, 0.25) is 0 Å². The monoisotopic (exact) mass is 150 g/mol. The normalized spacial score (nSPS) is 9.10. The van der Waals surface area contributed by atoms with E-state index < -0.39 is 0 Å². The number of hydrogen-bond donors (Lipinski definition) is 0. The molecule has 0 amide bonds. The van der Waals surface area contributed by atoms with Gasteiger partial charge in [-0.15, -0.1) is 0 Å². The Morgan fingerprint density at radius 2 is 2.30 bits per heavy atom. The van der Waals surface area contributed by atoms with Gasteiger partial charge in [0.15, 0.2) is 0 Å². The summed E-state index contributed by atoms with van der Waals surface area (Å²) in [6.07, 6.45) is 0. The molecule has 0 aliphatic rings. The van der Waals surface area contributed by atoms with E-state index in [1.54, 1.807) is 11.3 Å². The van der Waals surface area contributed by atoms with Gasteiger partial charge in [0.25, 0.3) is 0 Å². The average Bonchev–Trinajstić information content (AvgIpc) is 2.34. The zero-order valence-electron chi connectivity index (χ0n) is 6.22. The topological polar surface area (TPSA) is 0 Å². The molecule has 0 unspecified atom stereocenters. The van der Waals surface area contributed by atoms with Gasteiger partial charge in [0.1, 0.15) is 0 Å². The van der Waals surface area contributed by atoms with Crippen LogP contribution in [0.5, 0.6) is 0 Å². The Morgan fingerprint density at radius 3 is 2.80 bits per heavy atom. The SMILES string of the molecule is CC(C)C#Cc1ccsc1. The number of rotatable bonds is 0. The quantitative estimate of drug-likeness (QED) is 0.499. The molecule has 10 heavy (non-hydrogen) atoms. The van der Waals surface area contributed by atoms with Gasteiger partial charge in [-0.05, 0) is 11.4 Å². The molecule has 0 nitrogen and oxygen atoms in total. The minimum atomic E-state index is 0.472. The Kier molecular flexibility index (Phi) is 2.53. The predicted molar refractivity (Wildman–Crippen MR) is 46.0 cm³/mol. The highest BCUT2D eigenvalue weighted by atomic mass is 32.1. The molecule has 1 aromatic heterocycles. The van der Waals surface area contributed by atoms with Crippen LogP contribution in [0.4, 0.5) is 0 Å². The number of thiophene rings is 1. The van der Waals surface area contributed by atoms with Crippen LogP contribution in [0.3, 0.4) is 0 Å². The summed E-state index contributed by atoms with van der Waals surface area (Å²) in [6.45, 7) is 4.19. The van der Waals surface area contributed by atoms with Crippen molar-refractivity contribution in [1.29, 1.82) is 0 Å². The van der Waals surface area contributed by atoms with Gasteiger partial charge in [0.05, 0.1) is 0 Å². The third kappa shape index (κ3) is 2.24. The van der Waals surface area contributed by atoms with Crippen molar-refractivity contribution in [3.63, 3.8) is 0 Å². The van der Waals surface area contributed by atoms with Crippen LogP contribution in [-0.4, -0.2) is 0 Å². The summed E-state index contributed by atoms with van der Waals surface area (Å²) in [6, 6.07) is 2.04. The smallest absolute Gasteiger partial charge is 0.0352 e. The van der Waals surface area contributed by atoms with E-state index in [0.717, 1.165) is 5.56 Å². The van der Waals surface area contributed by atoms with Crippen molar-refractivity contribution >= 4 is 11.3 Å². The van der Waals surface area contributed by atoms with Crippen molar-refractivity contribution < 1.29 is 0 Å². The van der Waals surface area contributed by atoms with Gasteiger partial charge < -0.3 is 0 Å². The first-order valence-corrected chi connectivity index (χ1v) is 4.27. The van der Waals surface area contributed by atoms with E-state index >= 15 is 0 Å². The highest BCUT2D eigenvalue weighted by Crippen LogP contribution is 2.03. The second-order valence-electron chi connectivity index (χ2n) is 2.44. The molecule has 0 bridgehead atoms. The predicted octanol–water partition coefficient (Wildman–Crippen LogP) is 2.76. The molecule has 0 atom stereocenters. The van der Waals surface area contributed by atoms with Crippen molar-refractivity contribution in [2.45, 2.75) is 13.8 Å². The molecule has 1 aromatic rings. The Labute approximate surface area is 65.9 Å². The maximum Gasteiger partial charge on any atom is 0.0352 e. The molecule has 1 heterocycles. The highest BCUT2D eigenvalue weighted by molar-refractivity contribution is 7.08. The van der Waals surface area contributed by atoms with Gasteiger partial charge in [0, 0.05) is 16.9 Å². The summed E-state index contributed by atoms with van der Waals surface area (Å²) in [5.41, 5.74) is 1.14. The Bertz CT molecular complexity index is 233. The molecule has 1 heteroatoms. The minimum absolute atomic E-state index is 0.472. The summed E-state index contributed by atoms with van der Waals surface area (Å²) < 4.78 is 0. The summed E-state index contributed by atoms with van der Waals surface area (Å²) in [4.78, 5) is 0. The van der Waals surface area contributed by atoms with Crippen LogP contribution >= 0.6 is 11.3 Å². The van der Waals surface area contributed by atoms with E-state index in [4.69, 9.17) is 0 Å². The summed E-state index contributed by atoms with van der Waals surface area (Å²) >= 11 is 1.69. The van der Waals surface area contributed by atoms with Crippen molar-refractivity contribution in [1.82, 2.24) is 0 Å². The van der Waals surface area contributed by atoms with Crippen LogP contribution in [0.2, 0.25) is 0 Å². The van der Waals surface area contributed by atoms with Crippen molar-refractivity contribution in [2.24, 2.45) is 5.92 Å². The Hall–Kier alpha value is -0.740. The minimum Gasteiger partial charge on any atom is -0.151 e. The molecule has 0 aromatic carbocycles. The zero-order chi connectivity index (χ0) is 7.40. The maximum atomic E-state index is 3.10. The van der Waals surface area contributed by atoms with Crippen molar-refractivity contribution in [3.8, 4) is 11.8 Å². The number of hydrogen-bond acceptors (Lipinski definition) is 1. The second kappa shape index (κ2) is 3.43. The molecule has 0 radical (unpaired) electrons. The summed E-state index contributed by atoms with van der Waals surface area (Å²) in [5, 5.41) is 4.11. The van der Waals surface area contributed by atoms with Crippen LogP contribution in [-0.2, 0) is 0 Å². The summed E-state index contributed by atoms with van der Waals surface area (Å²) in [7, 11) is 0. The first kappa shape index (κ1) is 7.37. The van der Waals surface area contributed by atoms with E-state index in [9.17, 15) is 0 Å². The second-order valence-corrected chi connectivity index (χ2v) is 3.22. The maximum absolute atomic E-state index is 3.10. The van der Waals surface area contributed by atoms with Crippen molar-refractivity contribution in [2.75, 3.05) is 0 Å². The van der Waals surface area contributed by atoms with E-state index in [1.165, 1.54) is 0 Å². The van der Waals surface area contributed by atoms with Crippen LogP contribution in [0.25, 0.3) is 0 Å². The summed E-state index contributed by atoms with van der Waals surface area (Å²) in [5.74, 6) is 6.66. The molecule has 0 saturated heterocycles. The van der Waals surface area contributed by atoms with E-state index in [-0.39, 0.29) is 0 Å². The lowest BCUT2D eigenvalue weighted by atomic mass is 10.2. The molecule has 52 valence electrons. The fourth-order valence-electron chi connectivity index (χ4n) is 0.563. The third-order valence-corrected chi connectivity index (χ3v) is 1.71. The highest BCUT2D eigenvalue weighted by Gasteiger charge is 1.84. The van der Waals surface area contributed by atoms with Crippen LogP contribution in [0.1, 0.15) is 19.4 Å². The van der Waals surface area contributed by atoms with Crippen LogP contribution in [0, 0.1) is 17.8 Å². The van der Waals surface area contributed by atoms with Crippen LogP contribution < -0.4 is 0 Å². The molecule has 0 aliphatic carbocycles. The largest absolute Gasteiger partial charge is 0.151 e. The molecule has 1 rings (SSSR count). The lowest BCUT2D eigenvalue weighted by Crippen LogP contribution is -1.77. The lowest BCUT2D eigenvalue weighted by Gasteiger charge is -1.84. The molecular formula is C9H10S. The molecule has 0 N–H and O–H groups in total. The molecule has 0 saturated carbocycles. The fraction of sp³-hybridized carbons (Fsp3) is 0.333. The molecular weight excluding hydrogens is 140 g/mol. The van der Waals surface area contributed by atoms with Gasteiger partial charge in [-0.25, -0.2) is 0 Å². The zero-order valence-corrected chi connectivity index (χ0v) is 7.03. The lowest BCUT2D eigenvalue weighted by molar-refractivity contribution is 0.866.